The third-order valence-electron chi connectivity index (χ3n) is 3.94. The molecule has 8 heteroatoms. The van der Waals surface area contributed by atoms with E-state index in [9.17, 15) is 0 Å². The largest absolute Gasteiger partial charge is 0.332 e. The summed E-state index contributed by atoms with van der Waals surface area (Å²) in [5.74, 6) is 0.480. The zero-order valence-corrected chi connectivity index (χ0v) is 17.6. The molecule has 0 radical (unpaired) electrons. The van der Waals surface area contributed by atoms with Gasteiger partial charge in [0.1, 0.15) is 5.02 Å². The van der Waals surface area contributed by atoms with Gasteiger partial charge in [0.05, 0.1) is 6.54 Å². The number of hydrogen-bond donors (Lipinski definition) is 2. The number of rotatable bonds is 5. The number of para-hydroxylation sites is 1. The van der Waals surface area contributed by atoms with Crippen molar-refractivity contribution in [3.05, 3.63) is 74.9 Å². The quantitative estimate of drug-likeness (QED) is 0.460. The lowest BCUT2D eigenvalue weighted by Gasteiger charge is -2.12. The SMILES string of the molecule is CCc1ccccc1NC(=S)Nc1nn(Cc2ccc(Cl)cc2Cl)cc1Cl. The summed E-state index contributed by atoms with van der Waals surface area (Å²) in [6.45, 7) is 2.56. The number of hydrogen-bond acceptors (Lipinski definition) is 2. The Bertz CT molecular complexity index is 971. The molecule has 0 aliphatic carbocycles. The fraction of sp³-hybridized carbons (Fsp3) is 0.158. The number of benzene rings is 2. The number of thiocarbonyl (C=S) groups is 1. The third kappa shape index (κ3) is 5.14. The Morgan fingerprint density at radius 1 is 1.04 bits per heavy atom. The summed E-state index contributed by atoms with van der Waals surface area (Å²) < 4.78 is 1.70. The first kappa shape index (κ1) is 20.0. The maximum absolute atomic E-state index is 6.29. The minimum Gasteiger partial charge on any atom is -0.332 e. The molecule has 0 saturated carbocycles. The van der Waals surface area contributed by atoms with Crippen LogP contribution in [-0.4, -0.2) is 14.9 Å². The summed E-state index contributed by atoms with van der Waals surface area (Å²) in [4.78, 5) is 0. The van der Waals surface area contributed by atoms with Crippen molar-refractivity contribution in [2.75, 3.05) is 10.6 Å². The van der Waals surface area contributed by atoms with Crippen LogP contribution in [0.15, 0.2) is 48.7 Å². The molecule has 0 atom stereocenters. The van der Waals surface area contributed by atoms with Crippen molar-refractivity contribution in [3.8, 4) is 0 Å². The van der Waals surface area contributed by atoms with Crippen LogP contribution in [-0.2, 0) is 13.0 Å². The van der Waals surface area contributed by atoms with E-state index < -0.39 is 0 Å². The number of nitrogens with one attached hydrogen (secondary N) is 2. The fourth-order valence-corrected chi connectivity index (χ4v) is 3.47. The maximum atomic E-state index is 6.29. The molecule has 140 valence electrons. The molecule has 2 aromatic carbocycles. The van der Waals surface area contributed by atoms with E-state index in [4.69, 9.17) is 47.0 Å². The molecular weight excluding hydrogens is 423 g/mol. The van der Waals surface area contributed by atoms with Crippen LogP contribution in [0, 0.1) is 0 Å². The van der Waals surface area contributed by atoms with Crippen LogP contribution < -0.4 is 10.6 Å². The predicted molar refractivity (Wildman–Crippen MR) is 118 cm³/mol. The van der Waals surface area contributed by atoms with E-state index in [0.29, 0.717) is 32.5 Å². The fourth-order valence-electron chi connectivity index (χ4n) is 2.60. The molecule has 1 heterocycles. The summed E-state index contributed by atoms with van der Waals surface area (Å²) in [7, 11) is 0. The molecule has 0 aliphatic rings. The molecule has 0 saturated heterocycles. The highest BCUT2D eigenvalue weighted by Crippen LogP contribution is 2.24. The summed E-state index contributed by atoms with van der Waals surface area (Å²) in [6.07, 6.45) is 2.63. The molecule has 2 N–H and O–H groups in total. The molecule has 0 spiro atoms. The molecule has 0 fully saturated rings. The second-order valence-electron chi connectivity index (χ2n) is 5.85. The molecule has 4 nitrogen and oxygen atoms in total. The van der Waals surface area contributed by atoms with Crippen molar-refractivity contribution in [3.63, 3.8) is 0 Å². The second-order valence-corrected chi connectivity index (χ2v) is 7.51. The molecule has 0 bridgehead atoms. The summed E-state index contributed by atoms with van der Waals surface area (Å²) >= 11 is 23.8. The smallest absolute Gasteiger partial charge is 0.176 e. The lowest BCUT2D eigenvalue weighted by Crippen LogP contribution is -2.20. The van der Waals surface area contributed by atoms with E-state index in [1.165, 1.54) is 5.56 Å². The van der Waals surface area contributed by atoms with E-state index in [2.05, 4.69) is 28.7 Å². The molecule has 3 aromatic rings. The molecule has 0 unspecified atom stereocenters. The van der Waals surface area contributed by atoms with Crippen LogP contribution in [0.3, 0.4) is 0 Å². The van der Waals surface area contributed by atoms with Crippen molar-refractivity contribution in [2.45, 2.75) is 19.9 Å². The van der Waals surface area contributed by atoms with E-state index in [1.54, 1.807) is 23.0 Å². The first-order valence-electron chi connectivity index (χ1n) is 8.29. The Hall–Kier alpha value is -1.79. The van der Waals surface area contributed by atoms with Crippen LogP contribution in [0.5, 0.6) is 0 Å². The van der Waals surface area contributed by atoms with Gasteiger partial charge in [-0.3, -0.25) is 4.68 Å². The van der Waals surface area contributed by atoms with Gasteiger partial charge in [-0.1, -0.05) is 66.0 Å². The van der Waals surface area contributed by atoms with Gasteiger partial charge < -0.3 is 10.6 Å². The van der Waals surface area contributed by atoms with Gasteiger partial charge in [-0.15, -0.1) is 0 Å². The van der Waals surface area contributed by atoms with E-state index in [-0.39, 0.29) is 0 Å². The number of aromatic nitrogens is 2. The number of halogens is 3. The van der Waals surface area contributed by atoms with Crippen molar-refractivity contribution in [1.82, 2.24) is 9.78 Å². The van der Waals surface area contributed by atoms with Gasteiger partial charge >= 0.3 is 0 Å². The maximum Gasteiger partial charge on any atom is 0.176 e. The number of aryl methyl sites for hydroxylation is 1. The first-order chi connectivity index (χ1) is 13.0. The van der Waals surface area contributed by atoms with Gasteiger partial charge in [-0.25, -0.2) is 0 Å². The normalized spacial score (nSPS) is 10.7. The average molecular weight is 440 g/mol. The van der Waals surface area contributed by atoms with Crippen molar-refractivity contribution >= 4 is 63.6 Å². The monoisotopic (exact) mass is 438 g/mol. The van der Waals surface area contributed by atoms with Crippen LogP contribution in [0.4, 0.5) is 11.5 Å². The van der Waals surface area contributed by atoms with Crippen LogP contribution in [0.1, 0.15) is 18.1 Å². The first-order valence-corrected chi connectivity index (χ1v) is 9.83. The van der Waals surface area contributed by atoms with E-state index in [1.807, 2.05) is 24.3 Å². The van der Waals surface area contributed by atoms with Gasteiger partial charge in [-0.2, -0.15) is 5.10 Å². The highest BCUT2D eigenvalue weighted by atomic mass is 35.5. The van der Waals surface area contributed by atoms with Crippen molar-refractivity contribution < 1.29 is 0 Å². The Labute approximate surface area is 178 Å². The van der Waals surface area contributed by atoms with Crippen molar-refractivity contribution in [2.24, 2.45) is 0 Å². The van der Waals surface area contributed by atoms with Crippen LogP contribution >= 0.6 is 47.0 Å². The lowest BCUT2D eigenvalue weighted by atomic mass is 10.1. The summed E-state index contributed by atoms with van der Waals surface area (Å²) in [5, 5.41) is 12.7. The summed E-state index contributed by atoms with van der Waals surface area (Å²) in [5.41, 5.74) is 3.03. The molecule has 3 rings (SSSR count). The second kappa shape index (κ2) is 8.93. The van der Waals surface area contributed by atoms with Crippen molar-refractivity contribution in [1.29, 1.82) is 0 Å². The lowest BCUT2D eigenvalue weighted by molar-refractivity contribution is 0.690. The Morgan fingerprint density at radius 3 is 2.56 bits per heavy atom. The Kier molecular flexibility index (Phi) is 6.60. The van der Waals surface area contributed by atoms with Crippen LogP contribution in [0.2, 0.25) is 15.1 Å². The molecule has 0 aliphatic heterocycles. The minimum absolute atomic E-state index is 0.424. The molecule has 27 heavy (non-hydrogen) atoms. The van der Waals surface area contributed by atoms with Gasteiger partial charge in [0, 0.05) is 21.9 Å². The molecular formula is C19H17Cl3N4S. The highest BCUT2D eigenvalue weighted by Gasteiger charge is 2.11. The Balaban J connectivity index is 1.70. The number of anilines is 2. The summed E-state index contributed by atoms with van der Waals surface area (Å²) in [6, 6.07) is 13.4. The zero-order chi connectivity index (χ0) is 19.4. The third-order valence-corrected chi connectivity index (χ3v) is 5.01. The van der Waals surface area contributed by atoms with E-state index in [0.717, 1.165) is 17.7 Å². The van der Waals surface area contributed by atoms with Crippen LogP contribution in [0.25, 0.3) is 0 Å². The molecule has 0 amide bonds. The standard InChI is InChI=1S/C19H17Cl3N4S/c1-2-12-5-3-4-6-17(12)23-19(27)24-18-16(22)11-26(25-18)10-13-7-8-14(20)9-15(13)21/h3-9,11H,2,10H2,1H3,(H2,23,24,25,27). The predicted octanol–water partition coefficient (Wildman–Crippen LogP) is 6.26. The zero-order valence-electron chi connectivity index (χ0n) is 14.5. The average Bonchev–Trinajstić information content (AvgIpc) is 2.97. The van der Waals surface area contributed by atoms with Gasteiger partial charge in [0.2, 0.25) is 0 Å². The Morgan fingerprint density at radius 2 is 1.81 bits per heavy atom. The van der Waals surface area contributed by atoms with E-state index >= 15 is 0 Å². The highest BCUT2D eigenvalue weighted by molar-refractivity contribution is 7.80. The molecule has 1 aromatic heterocycles. The number of nitrogens with zero attached hydrogens (tertiary/aromatic N) is 2. The topological polar surface area (TPSA) is 41.9 Å². The van der Waals surface area contributed by atoms with Gasteiger partial charge in [0.15, 0.2) is 10.9 Å². The van der Waals surface area contributed by atoms with Gasteiger partial charge in [-0.05, 0) is 48.0 Å². The van der Waals surface area contributed by atoms with Gasteiger partial charge in [0.25, 0.3) is 0 Å². The minimum atomic E-state index is 0.424.